The van der Waals surface area contributed by atoms with Crippen molar-refractivity contribution < 1.29 is 14.3 Å². The lowest BCUT2D eigenvalue weighted by atomic mass is 10.0. The van der Waals surface area contributed by atoms with Crippen molar-refractivity contribution in [3.05, 3.63) is 35.5 Å². The third-order valence-corrected chi connectivity index (χ3v) is 2.62. The summed E-state index contributed by atoms with van der Waals surface area (Å²) in [7, 11) is 0. The first-order valence-corrected chi connectivity index (χ1v) is 5.43. The number of carbonyl (C=O) groups is 2. The fraction of sp³-hybridized carbons (Fsp3) is 0.231. The van der Waals surface area contributed by atoms with Crippen molar-refractivity contribution in [3.63, 3.8) is 0 Å². The van der Waals surface area contributed by atoms with Crippen LogP contribution in [-0.2, 0) is 9.53 Å². The molecule has 0 atom stereocenters. The summed E-state index contributed by atoms with van der Waals surface area (Å²) in [4.78, 5) is 26.3. The third kappa shape index (κ3) is 1.93. The van der Waals surface area contributed by atoms with Crippen LogP contribution in [0.15, 0.2) is 24.4 Å². The number of hydrogen-bond donors (Lipinski definition) is 1. The fourth-order valence-electron chi connectivity index (χ4n) is 1.85. The molecule has 1 aromatic heterocycles. The number of fused-ring (bicyclic) bond motifs is 1. The molecule has 0 aliphatic rings. The van der Waals surface area contributed by atoms with Crippen molar-refractivity contribution in [1.29, 1.82) is 0 Å². The van der Waals surface area contributed by atoms with E-state index in [0.29, 0.717) is 5.56 Å². The Hall–Kier alpha value is -2.10. The molecule has 4 nitrogen and oxygen atoms in total. The maximum Gasteiger partial charge on any atom is 0.379 e. The van der Waals surface area contributed by atoms with Gasteiger partial charge in [-0.3, -0.25) is 4.79 Å². The predicted molar refractivity (Wildman–Crippen MR) is 64.0 cm³/mol. The number of ether oxygens (including phenoxy) is 1. The van der Waals surface area contributed by atoms with E-state index in [9.17, 15) is 9.59 Å². The Morgan fingerprint density at radius 2 is 2.12 bits per heavy atom. The summed E-state index contributed by atoms with van der Waals surface area (Å²) in [5.74, 6) is -1.41. The summed E-state index contributed by atoms with van der Waals surface area (Å²) in [6.45, 7) is 3.77. The Morgan fingerprint density at radius 1 is 1.35 bits per heavy atom. The SMILES string of the molecule is CCOC(=O)C(=O)c1c[nH]c2cccc(C)c12. The first kappa shape index (κ1) is 11.4. The minimum absolute atomic E-state index is 0.200. The van der Waals surface area contributed by atoms with Crippen LogP contribution < -0.4 is 0 Å². The van der Waals surface area contributed by atoms with Crippen LogP contribution in [0.2, 0.25) is 0 Å². The highest BCUT2D eigenvalue weighted by atomic mass is 16.5. The number of esters is 1. The molecule has 0 unspecified atom stereocenters. The number of nitrogens with one attached hydrogen (secondary N) is 1. The smallest absolute Gasteiger partial charge is 0.379 e. The van der Waals surface area contributed by atoms with E-state index >= 15 is 0 Å². The summed E-state index contributed by atoms with van der Waals surface area (Å²) < 4.78 is 4.71. The van der Waals surface area contributed by atoms with Crippen LogP contribution in [0, 0.1) is 6.92 Å². The van der Waals surface area contributed by atoms with Gasteiger partial charge in [-0.2, -0.15) is 0 Å². The average Bonchev–Trinajstić information content (AvgIpc) is 2.73. The Labute approximate surface area is 98.6 Å². The molecular weight excluding hydrogens is 218 g/mol. The highest BCUT2D eigenvalue weighted by molar-refractivity contribution is 6.43. The number of H-pyrrole nitrogens is 1. The van der Waals surface area contributed by atoms with E-state index in [0.717, 1.165) is 16.5 Å². The largest absolute Gasteiger partial charge is 0.460 e. The van der Waals surface area contributed by atoms with Gasteiger partial charge in [-0.25, -0.2) is 4.79 Å². The molecule has 0 radical (unpaired) electrons. The Balaban J connectivity index is 2.49. The van der Waals surface area contributed by atoms with Crippen LogP contribution in [0.1, 0.15) is 22.8 Å². The third-order valence-electron chi connectivity index (χ3n) is 2.62. The van der Waals surface area contributed by atoms with Crippen LogP contribution in [0.25, 0.3) is 10.9 Å². The Bertz CT molecular complexity index is 583. The molecule has 0 saturated carbocycles. The molecule has 0 saturated heterocycles. The topological polar surface area (TPSA) is 59.2 Å². The predicted octanol–water partition coefficient (Wildman–Crippen LogP) is 2.22. The van der Waals surface area contributed by atoms with Crippen LogP contribution in [0.5, 0.6) is 0 Å². The summed E-state index contributed by atoms with van der Waals surface area (Å²) in [6.07, 6.45) is 1.55. The molecule has 88 valence electrons. The zero-order valence-electron chi connectivity index (χ0n) is 9.74. The van der Waals surface area contributed by atoms with Crippen LogP contribution in [0.3, 0.4) is 0 Å². The summed E-state index contributed by atoms with van der Waals surface area (Å²) in [6, 6.07) is 5.66. The number of ketones is 1. The van der Waals surface area contributed by atoms with Crippen molar-refractivity contribution >= 4 is 22.7 Å². The lowest BCUT2D eigenvalue weighted by Gasteiger charge is -2.01. The molecule has 0 amide bonds. The number of aromatic amines is 1. The van der Waals surface area contributed by atoms with Gasteiger partial charge in [-0.1, -0.05) is 12.1 Å². The highest BCUT2D eigenvalue weighted by Gasteiger charge is 2.21. The van der Waals surface area contributed by atoms with Crippen molar-refractivity contribution in [2.75, 3.05) is 6.61 Å². The van der Waals surface area contributed by atoms with Crippen molar-refractivity contribution in [2.45, 2.75) is 13.8 Å². The van der Waals surface area contributed by atoms with E-state index in [4.69, 9.17) is 4.74 Å². The second-order valence-corrected chi connectivity index (χ2v) is 3.75. The van der Waals surface area contributed by atoms with Crippen molar-refractivity contribution in [2.24, 2.45) is 0 Å². The van der Waals surface area contributed by atoms with E-state index < -0.39 is 11.8 Å². The van der Waals surface area contributed by atoms with E-state index in [1.54, 1.807) is 13.1 Å². The minimum atomic E-state index is -0.809. The molecule has 1 aromatic carbocycles. The first-order valence-electron chi connectivity index (χ1n) is 5.43. The Morgan fingerprint density at radius 3 is 2.82 bits per heavy atom. The monoisotopic (exact) mass is 231 g/mol. The number of rotatable bonds is 3. The number of hydrogen-bond acceptors (Lipinski definition) is 3. The van der Waals surface area contributed by atoms with Crippen molar-refractivity contribution in [1.82, 2.24) is 4.98 Å². The van der Waals surface area contributed by atoms with E-state index in [-0.39, 0.29) is 6.61 Å². The molecule has 4 heteroatoms. The van der Waals surface area contributed by atoms with Crippen LogP contribution in [-0.4, -0.2) is 23.3 Å². The summed E-state index contributed by atoms with van der Waals surface area (Å²) in [5.41, 5.74) is 2.17. The maximum absolute atomic E-state index is 11.9. The van der Waals surface area contributed by atoms with Gasteiger partial charge in [0, 0.05) is 17.1 Å². The van der Waals surface area contributed by atoms with Gasteiger partial charge in [0.25, 0.3) is 5.78 Å². The fourth-order valence-corrected chi connectivity index (χ4v) is 1.85. The number of carbonyl (C=O) groups excluding carboxylic acids is 2. The van der Waals surface area contributed by atoms with Gasteiger partial charge in [0.1, 0.15) is 0 Å². The number of aryl methyl sites for hydroxylation is 1. The first-order chi connectivity index (χ1) is 8.15. The van der Waals surface area contributed by atoms with Gasteiger partial charge < -0.3 is 9.72 Å². The zero-order valence-corrected chi connectivity index (χ0v) is 9.74. The summed E-state index contributed by atoms with van der Waals surface area (Å²) >= 11 is 0. The lowest BCUT2D eigenvalue weighted by Crippen LogP contribution is -2.17. The molecule has 0 fully saturated rings. The average molecular weight is 231 g/mol. The molecule has 0 bridgehead atoms. The molecule has 0 aliphatic carbocycles. The van der Waals surface area contributed by atoms with Gasteiger partial charge in [-0.15, -0.1) is 0 Å². The van der Waals surface area contributed by atoms with Crippen LogP contribution >= 0.6 is 0 Å². The molecule has 17 heavy (non-hydrogen) atoms. The van der Waals surface area contributed by atoms with E-state index in [2.05, 4.69) is 4.98 Å². The molecule has 1 heterocycles. The quantitative estimate of drug-likeness (QED) is 0.500. The van der Waals surface area contributed by atoms with E-state index in [1.807, 2.05) is 25.1 Å². The standard InChI is InChI=1S/C13H13NO3/c1-3-17-13(16)12(15)9-7-14-10-6-4-5-8(2)11(9)10/h4-7,14H,3H2,1-2H3. The Kier molecular flexibility index (Phi) is 2.95. The second-order valence-electron chi connectivity index (χ2n) is 3.75. The molecule has 2 aromatic rings. The van der Waals surface area contributed by atoms with Gasteiger partial charge in [0.2, 0.25) is 0 Å². The van der Waals surface area contributed by atoms with Gasteiger partial charge in [0.05, 0.1) is 12.2 Å². The number of benzene rings is 1. The number of aromatic nitrogens is 1. The molecule has 0 spiro atoms. The molecular formula is C13H13NO3. The second kappa shape index (κ2) is 4.41. The maximum atomic E-state index is 11.9. The lowest BCUT2D eigenvalue weighted by molar-refractivity contribution is -0.137. The normalized spacial score (nSPS) is 10.5. The van der Waals surface area contributed by atoms with E-state index in [1.165, 1.54) is 0 Å². The molecule has 1 N–H and O–H groups in total. The van der Waals surface area contributed by atoms with Crippen molar-refractivity contribution in [3.8, 4) is 0 Å². The molecule has 0 aliphatic heterocycles. The zero-order chi connectivity index (χ0) is 12.4. The van der Waals surface area contributed by atoms with Gasteiger partial charge in [-0.05, 0) is 25.5 Å². The minimum Gasteiger partial charge on any atom is -0.460 e. The van der Waals surface area contributed by atoms with Gasteiger partial charge in [0.15, 0.2) is 0 Å². The molecule has 2 rings (SSSR count). The highest BCUT2D eigenvalue weighted by Crippen LogP contribution is 2.22. The van der Waals surface area contributed by atoms with Gasteiger partial charge >= 0.3 is 5.97 Å². The van der Waals surface area contributed by atoms with Crippen LogP contribution in [0.4, 0.5) is 0 Å². The summed E-state index contributed by atoms with van der Waals surface area (Å²) in [5, 5.41) is 0.783. The number of Topliss-reactive ketones (excluding diaryl/α,β-unsaturated/α-hetero) is 1.